The molecule has 0 atom stereocenters. The van der Waals surface area contributed by atoms with Gasteiger partial charge in [0.25, 0.3) is 0 Å². The number of aromatic nitrogens is 1. The minimum absolute atomic E-state index is 0.280. The first-order valence-electron chi connectivity index (χ1n) is 4.83. The molecular formula is C10H13N3OS. The van der Waals surface area contributed by atoms with Gasteiger partial charge in [0.1, 0.15) is 5.54 Å². The van der Waals surface area contributed by atoms with Crippen molar-refractivity contribution in [2.45, 2.75) is 25.3 Å². The number of thiazole rings is 1. The summed E-state index contributed by atoms with van der Waals surface area (Å²) in [6.45, 7) is 1.97. The highest BCUT2D eigenvalue weighted by Crippen LogP contribution is 2.53. The highest BCUT2D eigenvalue weighted by Gasteiger charge is 2.47. The summed E-state index contributed by atoms with van der Waals surface area (Å²) in [5.74, 6) is 0. The summed E-state index contributed by atoms with van der Waals surface area (Å²) in [6, 6.07) is 0. The fourth-order valence-corrected chi connectivity index (χ4v) is 2.78. The van der Waals surface area contributed by atoms with Crippen molar-refractivity contribution in [3.63, 3.8) is 0 Å². The Morgan fingerprint density at radius 2 is 2.20 bits per heavy atom. The number of carbonyl (C=O) groups excluding carboxylic acids is 1. The maximum absolute atomic E-state index is 10.4. The number of isocyanates is 1. The van der Waals surface area contributed by atoms with Gasteiger partial charge in [0.05, 0.1) is 10.6 Å². The lowest BCUT2D eigenvalue weighted by Crippen LogP contribution is -2.07. The smallest absolute Gasteiger partial charge is 0.235 e. The molecule has 1 aromatic heterocycles. The first-order chi connectivity index (χ1) is 7.09. The zero-order valence-electron chi connectivity index (χ0n) is 9.07. The van der Waals surface area contributed by atoms with Crippen molar-refractivity contribution in [2.75, 3.05) is 19.0 Å². The molecule has 4 nitrogen and oxygen atoms in total. The molecule has 0 saturated heterocycles. The summed E-state index contributed by atoms with van der Waals surface area (Å²) in [5, 5.41) is 0.967. The number of hydrogen-bond donors (Lipinski definition) is 0. The largest absolute Gasteiger partial charge is 0.354 e. The topological polar surface area (TPSA) is 45.6 Å². The van der Waals surface area contributed by atoms with Crippen LogP contribution in [-0.2, 0) is 10.3 Å². The molecule has 15 heavy (non-hydrogen) atoms. The molecule has 80 valence electrons. The first kappa shape index (κ1) is 10.3. The molecule has 1 aliphatic carbocycles. The minimum atomic E-state index is -0.280. The molecule has 0 radical (unpaired) electrons. The molecule has 0 aliphatic heterocycles. The normalized spacial score (nSPS) is 17.0. The van der Waals surface area contributed by atoms with Gasteiger partial charge in [-0.05, 0) is 19.8 Å². The predicted molar refractivity (Wildman–Crippen MR) is 60.2 cm³/mol. The highest BCUT2D eigenvalue weighted by atomic mass is 32.1. The summed E-state index contributed by atoms with van der Waals surface area (Å²) >= 11 is 1.62. The molecular weight excluding hydrogens is 210 g/mol. The van der Waals surface area contributed by atoms with Crippen LogP contribution in [0.5, 0.6) is 0 Å². The van der Waals surface area contributed by atoms with Crippen molar-refractivity contribution >= 4 is 22.5 Å². The zero-order valence-corrected chi connectivity index (χ0v) is 9.89. The highest BCUT2D eigenvalue weighted by molar-refractivity contribution is 7.15. The van der Waals surface area contributed by atoms with E-state index in [4.69, 9.17) is 0 Å². The predicted octanol–water partition coefficient (Wildman–Crippen LogP) is 1.84. The molecule has 0 N–H and O–H groups in total. The second kappa shape index (κ2) is 3.43. The Labute approximate surface area is 92.7 Å². The van der Waals surface area contributed by atoms with E-state index in [0.29, 0.717) is 0 Å². The van der Waals surface area contributed by atoms with Gasteiger partial charge in [-0.15, -0.1) is 0 Å². The van der Waals surface area contributed by atoms with E-state index in [1.165, 1.54) is 0 Å². The average molecular weight is 223 g/mol. The van der Waals surface area contributed by atoms with E-state index in [1.54, 1.807) is 17.4 Å². The number of aliphatic imine (C=N–C) groups is 1. The quantitative estimate of drug-likeness (QED) is 0.580. The Kier molecular flexibility index (Phi) is 2.37. The fraction of sp³-hybridized carbons (Fsp3) is 0.600. The Balaban J connectivity index is 2.41. The SMILES string of the molecule is Cc1nc(N(C)C)sc1C1(N=C=O)CC1. The van der Waals surface area contributed by atoms with Crippen LogP contribution in [-0.4, -0.2) is 25.2 Å². The molecule has 1 heterocycles. The van der Waals surface area contributed by atoms with Gasteiger partial charge in [-0.3, -0.25) is 0 Å². The number of anilines is 1. The van der Waals surface area contributed by atoms with Gasteiger partial charge in [0.2, 0.25) is 6.08 Å². The lowest BCUT2D eigenvalue weighted by molar-refractivity contribution is 0.556. The molecule has 1 aromatic rings. The Bertz CT molecular complexity index is 428. The monoisotopic (exact) mass is 223 g/mol. The second-order valence-corrected chi connectivity index (χ2v) is 5.02. The summed E-state index contributed by atoms with van der Waals surface area (Å²) in [7, 11) is 3.93. The van der Waals surface area contributed by atoms with Gasteiger partial charge < -0.3 is 4.90 Å². The molecule has 0 aromatic carbocycles. The van der Waals surface area contributed by atoms with Crippen LogP contribution in [0.4, 0.5) is 5.13 Å². The molecule has 1 aliphatic rings. The summed E-state index contributed by atoms with van der Waals surface area (Å²) in [6.07, 6.45) is 3.56. The lowest BCUT2D eigenvalue weighted by Gasteiger charge is -2.06. The standard InChI is InChI=1S/C10H13N3OS/c1-7-8(10(4-5-10)11-6-14)15-9(12-7)13(2)3/h4-5H2,1-3H3. The third-order valence-corrected chi connectivity index (χ3v) is 4.09. The molecule has 5 heteroatoms. The molecule has 0 unspecified atom stereocenters. The Morgan fingerprint density at radius 1 is 1.53 bits per heavy atom. The van der Waals surface area contributed by atoms with Crippen LogP contribution in [0.1, 0.15) is 23.4 Å². The van der Waals surface area contributed by atoms with E-state index >= 15 is 0 Å². The van der Waals surface area contributed by atoms with Crippen molar-refractivity contribution in [3.8, 4) is 0 Å². The van der Waals surface area contributed by atoms with Gasteiger partial charge in [-0.1, -0.05) is 11.3 Å². The third-order valence-electron chi connectivity index (χ3n) is 2.57. The van der Waals surface area contributed by atoms with Crippen LogP contribution in [0.3, 0.4) is 0 Å². The van der Waals surface area contributed by atoms with Gasteiger partial charge in [0, 0.05) is 14.1 Å². The summed E-state index contributed by atoms with van der Waals surface area (Å²) in [5.41, 5.74) is 0.706. The van der Waals surface area contributed by atoms with E-state index in [1.807, 2.05) is 25.9 Å². The molecule has 0 amide bonds. The van der Waals surface area contributed by atoms with E-state index in [-0.39, 0.29) is 5.54 Å². The summed E-state index contributed by atoms with van der Waals surface area (Å²) in [4.78, 5) is 21.8. The maximum Gasteiger partial charge on any atom is 0.235 e. The molecule has 2 rings (SSSR count). The first-order valence-corrected chi connectivity index (χ1v) is 5.65. The van der Waals surface area contributed by atoms with Crippen molar-refractivity contribution in [3.05, 3.63) is 10.6 Å². The van der Waals surface area contributed by atoms with Crippen LogP contribution in [0.25, 0.3) is 0 Å². The Morgan fingerprint density at radius 3 is 2.60 bits per heavy atom. The van der Waals surface area contributed by atoms with Gasteiger partial charge >= 0.3 is 0 Å². The van der Waals surface area contributed by atoms with Gasteiger partial charge in [0.15, 0.2) is 5.13 Å². The fourth-order valence-electron chi connectivity index (χ4n) is 1.60. The van der Waals surface area contributed by atoms with E-state index in [0.717, 1.165) is 28.5 Å². The second-order valence-electron chi connectivity index (χ2n) is 4.04. The Hall–Kier alpha value is -1.19. The molecule has 0 spiro atoms. The molecule has 1 fully saturated rings. The number of aryl methyl sites for hydroxylation is 1. The van der Waals surface area contributed by atoms with Crippen molar-refractivity contribution < 1.29 is 4.79 Å². The van der Waals surface area contributed by atoms with Crippen LogP contribution in [0.2, 0.25) is 0 Å². The van der Waals surface area contributed by atoms with Gasteiger partial charge in [-0.2, -0.15) is 4.99 Å². The molecule has 0 bridgehead atoms. The van der Waals surface area contributed by atoms with Crippen LogP contribution in [0.15, 0.2) is 4.99 Å². The van der Waals surface area contributed by atoms with Crippen molar-refractivity contribution in [2.24, 2.45) is 4.99 Å². The van der Waals surface area contributed by atoms with E-state index < -0.39 is 0 Å². The summed E-state index contributed by atoms with van der Waals surface area (Å²) < 4.78 is 0. The van der Waals surface area contributed by atoms with Gasteiger partial charge in [-0.25, -0.2) is 9.78 Å². The van der Waals surface area contributed by atoms with E-state index in [9.17, 15) is 4.79 Å². The van der Waals surface area contributed by atoms with Crippen LogP contribution < -0.4 is 4.90 Å². The lowest BCUT2D eigenvalue weighted by atomic mass is 10.2. The third kappa shape index (κ3) is 1.68. The maximum atomic E-state index is 10.4. The van der Waals surface area contributed by atoms with Crippen molar-refractivity contribution in [1.29, 1.82) is 0 Å². The van der Waals surface area contributed by atoms with Crippen LogP contribution in [0, 0.1) is 6.92 Å². The van der Waals surface area contributed by atoms with Crippen molar-refractivity contribution in [1.82, 2.24) is 4.98 Å². The zero-order chi connectivity index (χ0) is 11.1. The number of nitrogens with zero attached hydrogens (tertiary/aromatic N) is 3. The molecule has 1 saturated carbocycles. The number of rotatable bonds is 3. The minimum Gasteiger partial charge on any atom is -0.354 e. The van der Waals surface area contributed by atoms with E-state index in [2.05, 4.69) is 9.98 Å². The van der Waals surface area contributed by atoms with Crippen LogP contribution >= 0.6 is 11.3 Å². The number of hydrogen-bond acceptors (Lipinski definition) is 5. The average Bonchev–Trinajstić information content (AvgIpc) is 2.82.